The van der Waals surface area contributed by atoms with Gasteiger partial charge in [0.1, 0.15) is 0 Å². The van der Waals surface area contributed by atoms with Gasteiger partial charge in [-0.15, -0.1) is 0 Å². The van der Waals surface area contributed by atoms with Crippen molar-refractivity contribution in [1.29, 1.82) is 0 Å². The zero-order valence-corrected chi connectivity index (χ0v) is 12.9. The number of methoxy groups -OCH3 is 1. The molecule has 0 spiro atoms. The number of anilines is 1. The van der Waals surface area contributed by atoms with Crippen LogP contribution in [0.3, 0.4) is 0 Å². The van der Waals surface area contributed by atoms with Gasteiger partial charge in [0, 0.05) is 30.0 Å². The molecule has 0 aliphatic rings. The van der Waals surface area contributed by atoms with E-state index in [9.17, 15) is 0 Å². The van der Waals surface area contributed by atoms with Crippen molar-refractivity contribution in [1.82, 2.24) is 9.55 Å². The maximum Gasteiger partial charge on any atom is 0.207 e. The van der Waals surface area contributed by atoms with E-state index in [1.807, 2.05) is 16.8 Å². The molecule has 4 nitrogen and oxygen atoms in total. The van der Waals surface area contributed by atoms with Crippen molar-refractivity contribution < 1.29 is 4.74 Å². The zero-order valence-electron chi connectivity index (χ0n) is 11.4. The second kappa shape index (κ2) is 6.21. The van der Waals surface area contributed by atoms with Crippen molar-refractivity contribution in [2.45, 2.75) is 19.9 Å². The molecule has 0 saturated carbocycles. The van der Waals surface area contributed by atoms with Crippen molar-refractivity contribution in [3.8, 4) is 5.69 Å². The summed E-state index contributed by atoms with van der Waals surface area (Å²) in [4.78, 5) is 4.36. The Morgan fingerprint density at radius 3 is 2.95 bits per heavy atom. The Morgan fingerprint density at radius 2 is 2.26 bits per heavy atom. The lowest BCUT2D eigenvalue weighted by atomic mass is 10.2. The van der Waals surface area contributed by atoms with Crippen LogP contribution in [0.15, 0.2) is 35.1 Å². The van der Waals surface area contributed by atoms with Crippen LogP contribution >= 0.6 is 15.9 Å². The van der Waals surface area contributed by atoms with E-state index < -0.39 is 0 Å². The summed E-state index contributed by atoms with van der Waals surface area (Å²) in [6.45, 7) is 4.80. The largest absolute Gasteiger partial charge is 0.383 e. The molecule has 0 bridgehead atoms. The quantitative estimate of drug-likeness (QED) is 0.916. The number of halogens is 1. The normalized spacial score (nSPS) is 12.4. The minimum atomic E-state index is 0.210. The third kappa shape index (κ3) is 3.36. The van der Waals surface area contributed by atoms with Crippen LogP contribution in [0.5, 0.6) is 0 Å². The van der Waals surface area contributed by atoms with E-state index in [-0.39, 0.29) is 6.04 Å². The number of imidazole rings is 1. The second-order valence-corrected chi connectivity index (χ2v) is 5.47. The smallest absolute Gasteiger partial charge is 0.207 e. The van der Waals surface area contributed by atoms with Gasteiger partial charge >= 0.3 is 0 Å². The van der Waals surface area contributed by atoms with Gasteiger partial charge in [0.25, 0.3) is 0 Å². The van der Waals surface area contributed by atoms with Crippen molar-refractivity contribution in [2.75, 3.05) is 19.0 Å². The van der Waals surface area contributed by atoms with E-state index in [2.05, 4.69) is 52.2 Å². The number of nitrogens with one attached hydrogen (secondary N) is 1. The first-order valence-corrected chi connectivity index (χ1v) is 6.96. The number of ether oxygens (including phenoxy) is 1. The van der Waals surface area contributed by atoms with Crippen LogP contribution in [0.25, 0.3) is 5.69 Å². The topological polar surface area (TPSA) is 39.1 Å². The number of hydrogen-bond acceptors (Lipinski definition) is 3. The van der Waals surface area contributed by atoms with Gasteiger partial charge in [-0.1, -0.05) is 15.9 Å². The lowest BCUT2D eigenvalue weighted by Gasteiger charge is -2.16. The van der Waals surface area contributed by atoms with Gasteiger partial charge in [-0.2, -0.15) is 0 Å². The number of aryl methyl sites for hydroxylation is 1. The second-order valence-electron chi connectivity index (χ2n) is 4.55. The number of rotatable bonds is 5. The molecule has 1 aromatic carbocycles. The highest BCUT2D eigenvalue weighted by Gasteiger charge is 2.10. The van der Waals surface area contributed by atoms with Gasteiger partial charge in [0.05, 0.1) is 12.3 Å². The monoisotopic (exact) mass is 323 g/mol. The van der Waals surface area contributed by atoms with Crippen LogP contribution < -0.4 is 5.32 Å². The standard InChI is InChI=1S/C14H18BrN3O/c1-10-8-12(15)4-5-13(10)18-7-6-16-14(18)17-11(2)9-19-3/h4-8,11H,9H2,1-3H3,(H,16,17). The Balaban J connectivity index is 2.28. The molecule has 2 rings (SSSR count). The lowest BCUT2D eigenvalue weighted by molar-refractivity contribution is 0.190. The predicted octanol–water partition coefficient (Wildman–Crippen LogP) is 3.39. The van der Waals surface area contributed by atoms with Crippen LogP contribution in [0, 0.1) is 6.92 Å². The van der Waals surface area contributed by atoms with E-state index in [1.54, 1.807) is 13.3 Å². The molecule has 1 atom stereocenters. The van der Waals surface area contributed by atoms with Crippen molar-refractivity contribution in [3.63, 3.8) is 0 Å². The summed E-state index contributed by atoms with van der Waals surface area (Å²) in [6, 6.07) is 6.41. The maximum atomic E-state index is 5.13. The average molecular weight is 324 g/mol. The van der Waals surface area contributed by atoms with Crippen LogP contribution in [0.4, 0.5) is 5.95 Å². The molecule has 0 saturated heterocycles. The molecule has 2 aromatic rings. The van der Waals surface area contributed by atoms with E-state index in [1.165, 1.54) is 5.56 Å². The van der Waals surface area contributed by atoms with Gasteiger partial charge in [0.2, 0.25) is 5.95 Å². The highest BCUT2D eigenvalue weighted by Crippen LogP contribution is 2.22. The Hall–Kier alpha value is -1.33. The van der Waals surface area contributed by atoms with E-state index in [4.69, 9.17) is 4.74 Å². The molecule has 5 heteroatoms. The molecule has 1 aromatic heterocycles. The Labute approximate surface area is 121 Å². The summed E-state index contributed by atoms with van der Waals surface area (Å²) in [5, 5.41) is 3.35. The Kier molecular flexibility index (Phi) is 4.61. The molecule has 19 heavy (non-hydrogen) atoms. The average Bonchev–Trinajstić information content (AvgIpc) is 2.77. The van der Waals surface area contributed by atoms with Crippen molar-refractivity contribution in [3.05, 3.63) is 40.6 Å². The summed E-state index contributed by atoms with van der Waals surface area (Å²) < 4.78 is 8.26. The van der Waals surface area contributed by atoms with Crippen LogP contribution in [0.2, 0.25) is 0 Å². The fourth-order valence-electron chi connectivity index (χ4n) is 2.01. The van der Waals surface area contributed by atoms with Gasteiger partial charge in [-0.25, -0.2) is 4.98 Å². The predicted molar refractivity (Wildman–Crippen MR) is 81.0 cm³/mol. The fraction of sp³-hybridized carbons (Fsp3) is 0.357. The number of aromatic nitrogens is 2. The molecule has 1 unspecified atom stereocenters. The van der Waals surface area contributed by atoms with Gasteiger partial charge in [-0.3, -0.25) is 4.57 Å². The number of nitrogens with zero attached hydrogens (tertiary/aromatic N) is 2. The third-order valence-corrected chi connectivity index (χ3v) is 3.34. The summed E-state index contributed by atoms with van der Waals surface area (Å²) in [5.74, 6) is 0.829. The Bertz CT molecular complexity index is 553. The fourth-order valence-corrected chi connectivity index (χ4v) is 2.48. The summed E-state index contributed by atoms with van der Waals surface area (Å²) >= 11 is 3.48. The van der Waals surface area contributed by atoms with Crippen LogP contribution in [-0.2, 0) is 4.74 Å². The molecule has 1 heterocycles. The first-order valence-electron chi connectivity index (χ1n) is 6.17. The highest BCUT2D eigenvalue weighted by molar-refractivity contribution is 9.10. The SMILES string of the molecule is COCC(C)Nc1nccn1-c1ccc(Br)cc1C. The third-order valence-electron chi connectivity index (χ3n) is 2.85. The molecule has 0 aliphatic heterocycles. The van der Waals surface area contributed by atoms with E-state index >= 15 is 0 Å². The number of benzene rings is 1. The molecule has 0 amide bonds. The minimum Gasteiger partial charge on any atom is -0.383 e. The summed E-state index contributed by atoms with van der Waals surface area (Å²) in [7, 11) is 1.70. The first kappa shape index (κ1) is 14.1. The summed E-state index contributed by atoms with van der Waals surface area (Å²) in [5.41, 5.74) is 2.31. The number of hydrogen-bond donors (Lipinski definition) is 1. The van der Waals surface area contributed by atoms with Crippen LogP contribution in [-0.4, -0.2) is 29.3 Å². The molecule has 1 N–H and O–H groups in total. The van der Waals surface area contributed by atoms with E-state index in [0.29, 0.717) is 6.61 Å². The Morgan fingerprint density at radius 1 is 1.47 bits per heavy atom. The van der Waals surface area contributed by atoms with Gasteiger partial charge < -0.3 is 10.1 Å². The van der Waals surface area contributed by atoms with Crippen molar-refractivity contribution >= 4 is 21.9 Å². The first-order chi connectivity index (χ1) is 9.11. The maximum absolute atomic E-state index is 5.13. The lowest BCUT2D eigenvalue weighted by Crippen LogP contribution is -2.23. The van der Waals surface area contributed by atoms with Crippen LogP contribution in [0.1, 0.15) is 12.5 Å². The molecular formula is C14H18BrN3O. The molecule has 0 aliphatic carbocycles. The zero-order chi connectivity index (χ0) is 13.8. The van der Waals surface area contributed by atoms with Gasteiger partial charge in [0.15, 0.2) is 0 Å². The highest BCUT2D eigenvalue weighted by atomic mass is 79.9. The molecule has 0 radical (unpaired) electrons. The van der Waals surface area contributed by atoms with Crippen molar-refractivity contribution in [2.24, 2.45) is 0 Å². The molecule has 0 fully saturated rings. The van der Waals surface area contributed by atoms with E-state index in [0.717, 1.165) is 16.1 Å². The summed E-state index contributed by atoms with van der Waals surface area (Å²) in [6.07, 6.45) is 3.75. The molecular weight excluding hydrogens is 306 g/mol. The molecule has 102 valence electrons. The van der Waals surface area contributed by atoms with Gasteiger partial charge in [-0.05, 0) is 37.6 Å². The minimum absolute atomic E-state index is 0.210.